The summed E-state index contributed by atoms with van der Waals surface area (Å²) in [6.45, 7) is 6.02. The Morgan fingerprint density at radius 1 is 1.27 bits per heavy atom. The first-order valence-corrected chi connectivity index (χ1v) is 11.4. The van der Waals surface area contributed by atoms with E-state index in [0.29, 0.717) is 34.8 Å². The Kier molecular flexibility index (Phi) is 7.04. The minimum absolute atomic E-state index is 0.0908. The predicted molar refractivity (Wildman–Crippen MR) is 118 cm³/mol. The minimum Gasteiger partial charge on any atom is -0.309 e. The summed E-state index contributed by atoms with van der Waals surface area (Å²) in [5, 5.41) is 3.43. The number of halogens is 1. The number of nitrogens with zero attached hydrogens (tertiary/aromatic N) is 3. The Morgan fingerprint density at radius 3 is 2.60 bits per heavy atom. The number of H-pyrrole nitrogens is 1. The number of hydrogen-bond acceptors (Lipinski definition) is 5. The first-order valence-electron chi connectivity index (χ1n) is 9.71. The molecule has 3 rings (SSSR count). The third-order valence-corrected chi connectivity index (χ3v) is 5.92. The third kappa shape index (κ3) is 5.14. The number of rotatable bonds is 8. The van der Waals surface area contributed by atoms with Gasteiger partial charge in [0.15, 0.2) is 11.5 Å². The highest BCUT2D eigenvalue weighted by atomic mass is 35.5. The number of benzene rings is 1. The Hall–Kier alpha value is -2.52. The molecule has 30 heavy (non-hydrogen) atoms. The summed E-state index contributed by atoms with van der Waals surface area (Å²) in [6.07, 6.45) is 0.988. The molecule has 0 saturated heterocycles. The molecule has 160 valence electrons. The zero-order valence-electron chi connectivity index (χ0n) is 17.1. The quantitative estimate of drug-likeness (QED) is 0.512. The molecule has 0 fully saturated rings. The van der Waals surface area contributed by atoms with Gasteiger partial charge < -0.3 is 10.3 Å². The van der Waals surface area contributed by atoms with Crippen molar-refractivity contribution >= 4 is 45.3 Å². The lowest BCUT2D eigenvalue weighted by atomic mass is 10.1. The molecule has 1 atom stereocenters. The van der Waals surface area contributed by atoms with Crippen molar-refractivity contribution in [3.8, 4) is 0 Å². The lowest BCUT2D eigenvalue weighted by Gasteiger charge is -2.10. The second-order valence-electron chi connectivity index (χ2n) is 7.39. The molecule has 2 N–H and O–H groups in total. The van der Waals surface area contributed by atoms with E-state index in [1.807, 2.05) is 32.9 Å². The summed E-state index contributed by atoms with van der Waals surface area (Å²) >= 11 is 5.94. The molecule has 2 heterocycles. The van der Waals surface area contributed by atoms with Crippen molar-refractivity contribution in [2.45, 2.75) is 45.3 Å². The molecule has 1 aromatic carbocycles. The second-order valence-corrected chi connectivity index (χ2v) is 9.29. The predicted octanol–water partition coefficient (Wildman–Crippen LogP) is 3.32. The number of aromatic nitrogens is 4. The summed E-state index contributed by atoms with van der Waals surface area (Å²) in [5.41, 5.74) is 1.06. The van der Waals surface area contributed by atoms with E-state index in [1.165, 1.54) is 4.57 Å². The number of amides is 1. The number of anilines is 1. The number of imidazole rings is 1. The van der Waals surface area contributed by atoms with E-state index in [4.69, 9.17) is 11.6 Å². The van der Waals surface area contributed by atoms with Gasteiger partial charge in [0.05, 0.1) is 17.3 Å². The van der Waals surface area contributed by atoms with Crippen LogP contribution in [0, 0.1) is 5.92 Å². The summed E-state index contributed by atoms with van der Waals surface area (Å²) < 4.78 is 14.0. The van der Waals surface area contributed by atoms with Crippen molar-refractivity contribution in [2.75, 3.05) is 11.1 Å². The average molecular weight is 450 g/mol. The van der Waals surface area contributed by atoms with Crippen LogP contribution in [-0.4, -0.2) is 35.4 Å². The van der Waals surface area contributed by atoms with Crippen molar-refractivity contribution in [1.29, 1.82) is 0 Å². The molecule has 0 spiro atoms. The van der Waals surface area contributed by atoms with Crippen LogP contribution in [0.2, 0.25) is 5.02 Å². The number of hydrogen-bond donors (Lipinski definition) is 2. The highest BCUT2D eigenvalue weighted by Gasteiger charge is 2.20. The van der Waals surface area contributed by atoms with E-state index in [0.717, 1.165) is 5.56 Å². The number of aromatic amines is 1. The van der Waals surface area contributed by atoms with Gasteiger partial charge in [0.25, 0.3) is 0 Å². The smallest absolute Gasteiger partial charge is 0.309 e. The third-order valence-electron chi connectivity index (χ3n) is 4.30. The molecule has 0 aliphatic heterocycles. The van der Waals surface area contributed by atoms with Crippen molar-refractivity contribution in [3.05, 3.63) is 45.3 Å². The van der Waals surface area contributed by atoms with Gasteiger partial charge in [0, 0.05) is 17.2 Å². The van der Waals surface area contributed by atoms with Gasteiger partial charge >= 0.3 is 5.69 Å². The van der Waals surface area contributed by atoms with Crippen LogP contribution in [0.15, 0.2) is 34.2 Å². The van der Waals surface area contributed by atoms with E-state index in [-0.39, 0.29) is 29.3 Å². The van der Waals surface area contributed by atoms with E-state index >= 15 is 0 Å². The fourth-order valence-electron chi connectivity index (χ4n) is 2.95. The molecule has 8 nitrogen and oxygen atoms in total. The topological polar surface area (TPSA) is 110 Å². The monoisotopic (exact) mass is 449 g/mol. The summed E-state index contributed by atoms with van der Waals surface area (Å²) in [5.74, 6) is 0.474. The van der Waals surface area contributed by atoms with Gasteiger partial charge in [-0.05, 0) is 30.0 Å². The van der Waals surface area contributed by atoms with Gasteiger partial charge in [0.2, 0.25) is 11.1 Å². The van der Waals surface area contributed by atoms with Crippen molar-refractivity contribution < 1.29 is 9.00 Å². The number of nitrogens with one attached hydrogen (secondary N) is 2. The number of carbonyl (C=O) groups is 1. The summed E-state index contributed by atoms with van der Waals surface area (Å²) in [6, 6.07) is 7.11. The maximum absolute atomic E-state index is 12.7. The number of fused-ring (bicyclic) bond motifs is 1. The fraction of sp³-hybridized carbons (Fsp3) is 0.400. The van der Waals surface area contributed by atoms with Crippen molar-refractivity contribution in [2.24, 2.45) is 5.92 Å². The maximum atomic E-state index is 12.7. The Labute approximate surface area is 181 Å². The molecule has 1 amide bonds. The lowest BCUT2D eigenvalue weighted by molar-refractivity contribution is -0.116. The SMILES string of the molecule is CCCS(=O)c1nc(NC(=O)CC(C)C)c2[nH]c(=O)n(Cc3ccc(Cl)cc3)c2n1. The van der Waals surface area contributed by atoms with E-state index in [9.17, 15) is 13.8 Å². The molecule has 1 unspecified atom stereocenters. The Balaban J connectivity index is 2.10. The number of carbonyl (C=O) groups excluding carboxylic acids is 1. The van der Waals surface area contributed by atoms with Gasteiger partial charge in [-0.1, -0.05) is 44.5 Å². The Bertz CT molecular complexity index is 1140. The minimum atomic E-state index is -1.44. The largest absolute Gasteiger partial charge is 0.328 e. The van der Waals surface area contributed by atoms with E-state index in [2.05, 4.69) is 20.3 Å². The molecule has 3 aromatic rings. The van der Waals surface area contributed by atoms with Gasteiger partial charge in [-0.25, -0.2) is 14.8 Å². The van der Waals surface area contributed by atoms with Gasteiger partial charge in [-0.15, -0.1) is 0 Å². The standard InChI is InChI=1S/C20H24ClN5O3S/c1-4-9-30(29)19-24-17(22-15(27)10-12(2)3)16-18(25-19)26(20(28)23-16)11-13-5-7-14(21)8-6-13/h5-8,12H,4,9-11H2,1-3H3,(H,23,28)(H,22,24,25,27). The van der Waals surface area contributed by atoms with Crippen LogP contribution in [0.25, 0.3) is 11.2 Å². The van der Waals surface area contributed by atoms with Gasteiger partial charge in [0.1, 0.15) is 5.52 Å². The zero-order valence-corrected chi connectivity index (χ0v) is 18.6. The first-order chi connectivity index (χ1) is 14.3. The molecule has 2 aromatic heterocycles. The normalized spacial score (nSPS) is 12.4. The van der Waals surface area contributed by atoms with Crippen LogP contribution in [0.5, 0.6) is 0 Å². The van der Waals surface area contributed by atoms with Crippen molar-refractivity contribution in [1.82, 2.24) is 19.5 Å². The second kappa shape index (κ2) is 9.53. The van der Waals surface area contributed by atoms with Crippen molar-refractivity contribution in [3.63, 3.8) is 0 Å². The zero-order chi connectivity index (χ0) is 21.8. The van der Waals surface area contributed by atoms with Crippen LogP contribution >= 0.6 is 11.6 Å². The highest BCUT2D eigenvalue weighted by Crippen LogP contribution is 2.21. The molecule has 10 heteroatoms. The average Bonchev–Trinajstić information content (AvgIpc) is 2.99. The molecule has 0 bridgehead atoms. The van der Waals surface area contributed by atoms with Crippen LogP contribution in [0.3, 0.4) is 0 Å². The Morgan fingerprint density at radius 2 is 1.97 bits per heavy atom. The van der Waals surface area contributed by atoms with E-state index < -0.39 is 16.5 Å². The summed E-state index contributed by atoms with van der Waals surface area (Å²) in [4.78, 5) is 36.4. The van der Waals surface area contributed by atoms with E-state index in [1.54, 1.807) is 12.1 Å². The lowest BCUT2D eigenvalue weighted by Crippen LogP contribution is -2.18. The molecular weight excluding hydrogens is 426 g/mol. The molecule has 0 aliphatic carbocycles. The molecule has 0 radical (unpaired) electrons. The van der Waals surface area contributed by atoms with Gasteiger partial charge in [-0.2, -0.15) is 0 Å². The molecule has 0 saturated carbocycles. The molecule has 0 aliphatic rings. The fourth-order valence-corrected chi connectivity index (χ4v) is 4.01. The van der Waals surface area contributed by atoms with Crippen LogP contribution in [-0.2, 0) is 22.1 Å². The van der Waals surface area contributed by atoms with Crippen LogP contribution in [0.4, 0.5) is 5.82 Å². The van der Waals surface area contributed by atoms with Crippen LogP contribution < -0.4 is 11.0 Å². The highest BCUT2D eigenvalue weighted by molar-refractivity contribution is 7.84. The summed E-state index contributed by atoms with van der Waals surface area (Å²) in [7, 11) is -1.44. The first kappa shape index (κ1) is 22.2. The molecular formula is C20H24ClN5O3S. The van der Waals surface area contributed by atoms with Crippen LogP contribution in [0.1, 0.15) is 39.2 Å². The maximum Gasteiger partial charge on any atom is 0.328 e. The van der Waals surface area contributed by atoms with Gasteiger partial charge in [-0.3, -0.25) is 13.6 Å².